The van der Waals surface area contributed by atoms with Gasteiger partial charge in [0.1, 0.15) is 0 Å². The molecule has 0 aliphatic carbocycles. The summed E-state index contributed by atoms with van der Waals surface area (Å²) in [5.74, 6) is -0.989. The maximum atomic E-state index is 10.8. The lowest BCUT2D eigenvalue weighted by Crippen LogP contribution is -2.21. The van der Waals surface area contributed by atoms with Gasteiger partial charge in [0.25, 0.3) is 0 Å². The van der Waals surface area contributed by atoms with Gasteiger partial charge in [-0.1, -0.05) is 24.3 Å². The second-order valence-electron chi connectivity index (χ2n) is 4.89. The molecular weight excluding hydrogens is 288 g/mol. The van der Waals surface area contributed by atoms with Crippen LogP contribution in [0.15, 0.2) is 29.6 Å². The van der Waals surface area contributed by atoms with E-state index in [4.69, 9.17) is 10.2 Å². The number of hydrogen-bond acceptors (Lipinski definition) is 5. The number of hydrogen-bond donors (Lipinski definition) is 2. The number of carboxylic acid groups (broad SMARTS) is 1. The van der Waals surface area contributed by atoms with Crippen molar-refractivity contribution >= 4 is 17.3 Å². The van der Waals surface area contributed by atoms with Crippen LogP contribution in [0, 0.1) is 0 Å². The van der Waals surface area contributed by atoms with Crippen molar-refractivity contribution in [3.05, 3.63) is 51.5 Å². The Balaban J connectivity index is 2.04. The van der Waals surface area contributed by atoms with Crippen molar-refractivity contribution < 1.29 is 15.0 Å². The van der Waals surface area contributed by atoms with Crippen molar-refractivity contribution in [2.45, 2.75) is 13.0 Å². The summed E-state index contributed by atoms with van der Waals surface area (Å²) in [6, 6.07) is 8.14. The number of carbonyl (C=O) groups is 1. The zero-order valence-electron chi connectivity index (χ0n) is 11.8. The molecule has 0 amide bonds. The Morgan fingerprint density at radius 1 is 1.38 bits per heavy atom. The van der Waals surface area contributed by atoms with Crippen LogP contribution in [0.1, 0.15) is 26.6 Å². The molecule has 21 heavy (non-hydrogen) atoms. The maximum absolute atomic E-state index is 10.8. The summed E-state index contributed by atoms with van der Waals surface area (Å²) in [4.78, 5) is 17.0. The Kier molecular flexibility index (Phi) is 5.44. The summed E-state index contributed by atoms with van der Waals surface area (Å²) in [6.07, 6.45) is 0.634. The molecule has 6 heteroatoms. The molecule has 2 N–H and O–H groups in total. The average Bonchev–Trinajstić information content (AvgIpc) is 2.88. The number of thiazole rings is 1. The first kappa shape index (κ1) is 15.6. The molecule has 0 saturated carbocycles. The summed E-state index contributed by atoms with van der Waals surface area (Å²) in [6.45, 7) is 1.55. The van der Waals surface area contributed by atoms with E-state index >= 15 is 0 Å². The molecule has 0 aliphatic heterocycles. The van der Waals surface area contributed by atoms with Crippen LogP contribution in [-0.4, -0.2) is 46.3 Å². The minimum absolute atomic E-state index is 0.105. The zero-order valence-corrected chi connectivity index (χ0v) is 12.6. The number of benzene rings is 1. The van der Waals surface area contributed by atoms with Crippen molar-refractivity contribution in [1.82, 2.24) is 9.88 Å². The molecule has 1 aromatic heterocycles. The van der Waals surface area contributed by atoms with E-state index in [1.165, 1.54) is 16.9 Å². The topological polar surface area (TPSA) is 73.7 Å². The number of aromatic nitrogens is 1. The standard InChI is InChI=1S/C15H18N2O3S/c1-17(5-6-18)9-12-4-2-3-11(7-12)8-14-16-13(10-21-14)15(19)20/h2-4,7,10,18H,5-6,8-9H2,1H3,(H,19,20). The summed E-state index contributed by atoms with van der Waals surface area (Å²) in [5, 5.41) is 20.2. The minimum Gasteiger partial charge on any atom is -0.476 e. The van der Waals surface area contributed by atoms with E-state index in [-0.39, 0.29) is 12.3 Å². The van der Waals surface area contributed by atoms with Crippen LogP contribution >= 0.6 is 11.3 Å². The van der Waals surface area contributed by atoms with Crippen LogP contribution < -0.4 is 0 Å². The predicted molar refractivity (Wildman–Crippen MR) is 81.7 cm³/mol. The Hall–Kier alpha value is -1.76. The highest BCUT2D eigenvalue weighted by Crippen LogP contribution is 2.16. The number of nitrogens with zero attached hydrogens (tertiary/aromatic N) is 2. The Morgan fingerprint density at radius 2 is 2.14 bits per heavy atom. The van der Waals surface area contributed by atoms with Gasteiger partial charge in [0.15, 0.2) is 5.69 Å². The van der Waals surface area contributed by atoms with Crippen LogP contribution in [0.2, 0.25) is 0 Å². The van der Waals surface area contributed by atoms with E-state index in [1.54, 1.807) is 5.38 Å². The third kappa shape index (κ3) is 4.63. The Morgan fingerprint density at radius 3 is 2.81 bits per heavy atom. The normalized spacial score (nSPS) is 11.0. The van der Waals surface area contributed by atoms with E-state index in [0.717, 1.165) is 17.1 Å². The number of aliphatic hydroxyl groups is 1. The van der Waals surface area contributed by atoms with Gasteiger partial charge in [0, 0.05) is 24.9 Å². The van der Waals surface area contributed by atoms with E-state index in [9.17, 15) is 4.79 Å². The van der Waals surface area contributed by atoms with Crippen molar-refractivity contribution in [2.75, 3.05) is 20.2 Å². The third-order valence-corrected chi connectivity index (χ3v) is 3.90. The fraction of sp³-hybridized carbons (Fsp3) is 0.333. The highest BCUT2D eigenvalue weighted by Gasteiger charge is 2.09. The summed E-state index contributed by atoms with van der Waals surface area (Å²) >= 11 is 1.37. The minimum atomic E-state index is -0.989. The number of rotatable bonds is 7. The monoisotopic (exact) mass is 306 g/mol. The lowest BCUT2D eigenvalue weighted by molar-refractivity contribution is 0.0691. The first-order valence-corrected chi connectivity index (χ1v) is 7.51. The van der Waals surface area contributed by atoms with Gasteiger partial charge >= 0.3 is 5.97 Å². The lowest BCUT2D eigenvalue weighted by atomic mass is 10.1. The molecular formula is C15H18N2O3S. The Bertz CT molecular complexity index is 612. The van der Waals surface area contributed by atoms with Gasteiger partial charge in [0.05, 0.1) is 11.6 Å². The predicted octanol–water partition coefficient (Wildman–Crippen LogP) is 1.86. The molecule has 0 aliphatic rings. The lowest BCUT2D eigenvalue weighted by Gasteiger charge is -2.15. The second kappa shape index (κ2) is 7.31. The molecule has 2 rings (SSSR count). The van der Waals surface area contributed by atoms with Crippen LogP contribution in [0.5, 0.6) is 0 Å². The van der Waals surface area contributed by atoms with Crippen LogP contribution in [-0.2, 0) is 13.0 Å². The van der Waals surface area contributed by atoms with E-state index in [0.29, 0.717) is 13.0 Å². The Labute approximate surface area is 127 Å². The second-order valence-corrected chi connectivity index (χ2v) is 5.83. The fourth-order valence-corrected chi connectivity index (χ4v) is 2.87. The first-order valence-electron chi connectivity index (χ1n) is 6.63. The quantitative estimate of drug-likeness (QED) is 0.817. The molecule has 0 spiro atoms. The highest BCUT2D eigenvalue weighted by atomic mass is 32.1. The molecule has 0 atom stereocenters. The number of likely N-dealkylation sites (N-methyl/N-ethyl adjacent to an activating group) is 1. The SMILES string of the molecule is CN(CCO)Cc1cccc(Cc2nc(C(=O)O)cs2)c1. The summed E-state index contributed by atoms with van der Waals surface area (Å²) in [7, 11) is 1.96. The highest BCUT2D eigenvalue weighted by molar-refractivity contribution is 7.09. The molecule has 1 heterocycles. The average molecular weight is 306 g/mol. The molecule has 0 fully saturated rings. The van der Waals surface area contributed by atoms with Crippen molar-refractivity contribution in [3.63, 3.8) is 0 Å². The molecule has 112 valence electrons. The van der Waals surface area contributed by atoms with Gasteiger partial charge in [0.2, 0.25) is 0 Å². The maximum Gasteiger partial charge on any atom is 0.355 e. The molecule has 5 nitrogen and oxygen atoms in total. The van der Waals surface area contributed by atoms with Gasteiger partial charge in [-0.15, -0.1) is 11.3 Å². The molecule has 0 saturated heterocycles. The smallest absolute Gasteiger partial charge is 0.355 e. The first-order chi connectivity index (χ1) is 10.1. The molecule has 2 aromatic rings. The fourth-order valence-electron chi connectivity index (χ4n) is 2.06. The van der Waals surface area contributed by atoms with Gasteiger partial charge in [-0.2, -0.15) is 0 Å². The van der Waals surface area contributed by atoms with E-state index in [2.05, 4.69) is 11.1 Å². The molecule has 1 aromatic carbocycles. The number of aliphatic hydroxyl groups excluding tert-OH is 1. The molecule has 0 unspecified atom stereocenters. The van der Waals surface area contributed by atoms with E-state index in [1.807, 2.05) is 30.1 Å². The summed E-state index contributed by atoms with van der Waals surface area (Å²) < 4.78 is 0. The van der Waals surface area contributed by atoms with Crippen molar-refractivity contribution in [1.29, 1.82) is 0 Å². The zero-order chi connectivity index (χ0) is 15.2. The van der Waals surface area contributed by atoms with Crippen LogP contribution in [0.4, 0.5) is 0 Å². The van der Waals surface area contributed by atoms with Gasteiger partial charge in [-0.05, 0) is 18.2 Å². The largest absolute Gasteiger partial charge is 0.476 e. The number of aromatic carboxylic acids is 1. The van der Waals surface area contributed by atoms with Crippen molar-refractivity contribution in [3.8, 4) is 0 Å². The third-order valence-electron chi connectivity index (χ3n) is 3.05. The molecule has 0 bridgehead atoms. The van der Waals surface area contributed by atoms with Crippen molar-refractivity contribution in [2.24, 2.45) is 0 Å². The van der Waals surface area contributed by atoms with Crippen LogP contribution in [0.3, 0.4) is 0 Å². The van der Waals surface area contributed by atoms with Crippen LogP contribution in [0.25, 0.3) is 0 Å². The molecule has 0 radical (unpaired) electrons. The summed E-state index contributed by atoms with van der Waals surface area (Å²) in [5.41, 5.74) is 2.38. The van der Waals surface area contributed by atoms with Gasteiger partial charge < -0.3 is 10.2 Å². The van der Waals surface area contributed by atoms with Gasteiger partial charge in [-0.25, -0.2) is 9.78 Å². The number of carboxylic acids is 1. The van der Waals surface area contributed by atoms with E-state index < -0.39 is 5.97 Å². The van der Waals surface area contributed by atoms with Gasteiger partial charge in [-0.3, -0.25) is 4.90 Å².